The zero-order valence-electron chi connectivity index (χ0n) is 15.5. The van der Waals surface area contributed by atoms with E-state index < -0.39 is 11.0 Å². The third kappa shape index (κ3) is 4.78. The lowest BCUT2D eigenvalue weighted by molar-refractivity contribution is -0.384. The first kappa shape index (κ1) is 19.8. The van der Waals surface area contributed by atoms with Gasteiger partial charge in [0.05, 0.1) is 4.92 Å². The van der Waals surface area contributed by atoms with Crippen LogP contribution >= 0.6 is 0 Å². The molecule has 0 radical (unpaired) electrons. The first-order valence-electron chi connectivity index (χ1n) is 8.84. The minimum atomic E-state index is -0.688. The van der Waals surface area contributed by atoms with Gasteiger partial charge in [-0.2, -0.15) is 0 Å². The van der Waals surface area contributed by atoms with Gasteiger partial charge in [0, 0.05) is 50.7 Å². The number of amides is 2. The monoisotopic (exact) mass is 362 g/mol. The van der Waals surface area contributed by atoms with Crippen LogP contribution in [-0.2, 0) is 9.59 Å². The van der Waals surface area contributed by atoms with Crippen LogP contribution < -0.4 is 5.32 Å². The molecule has 0 aromatic heterocycles. The van der Waals surface area contributed by atoms with Gasteiger partial charge >= 0.3 is 0 Å². The van der Waals surface area contributed by atoms with Crippen molar-refractivity contribution >= 4 is 17.5 Å². The molecule has 0 aliphatic carbocycles. The number of nitrogens with zero attached hydrogens (tertiary/aromatic N) is 3. The summed E-state index contributed by atoms with van der Waals surface area (Å²) in [7, 11) is 2.01. The van der Waals surface area contributed by atoms with Crippen LogP contribution in [0.25, 0.3) is 0 Å². The summed E-state index contributed by atoms with van der Waals surface area (Å²) in [5, 5.41) is 13.7. The van der Waals surface area contributed by atoms with Crippen LogP contribution in [0.15, 0.2) is 24.3 Å². The minimum Gasteiger partial charge on any atom is -0.344 e. The average molecular weight is 362 g/mol. The fraction of sp³-hybridized carbons (Fsp3) is 0.556. The van der Waals surface area contributed by atoms with Crippen molar-refractivity contribution in [1.82, 2.24) is 15.1 Å². The third-order valence-corrected chi connectivity index (χ3v) is 4.85. The Morgan fingerprint density at radius 2 is 1.77 bits per heavy atom. The molecular weight excluding hydrogens is 336 g/mol. The Labute approximate surface area is 153 Å². The van der Waals surface area contributed by atoms with Crippen LogP contribution in [0.5, 0.6) is 0 Å². The fourth-order valence-electron chi connectivity index (χ4n) is 2.99. The topological polar surface area (TPSA) is 95.8 Å². The van der Waals surface area contributed by atoms with Crippen molar-refractivity contribution in [3.63, 3.8) is 0 Å². The van der Waals surface area contributed by atoms with Crippen LogP contribution in [0.4, 0.5) is 5.69 Å². The predicted molar refractivity (Wildman–Crippen MR) is 97.8 cm³/mol. The standard InChI is InChI=1S/C18H26N4O4/c1-4-16(23)19-17(18(24)21-11-9-20(3)10-12-21)13(2)14-5-7-15(8-6-14)22(25)26/h5-8,13,17H,4,9-12H2,1-3H3,(H,19,23). The molecule has 1 N–H and O–H groups in total. The minimum absolute atomic E-state index is 0.000452. The summed E-state index contributed by atoms with van der Waals surface area (Å²) in [6.07, 6.45) is 0.291. The molecular formula is C18H26N4O4. The number of non-ortho nitro benzene ring substituents is 1. The molecule has 0 spiro atoms. The Kier molecular flexibility index (Phi) is 6.68. The smallest absolute Gasteiger partial charge is 0.269 e. The number of likely N-dealkylation sites (N-methyl/N-ethyl adjacent to an activating group) is 1. The Balaban J connectivity index is 2.20. The van der Waals surface area contributed by atoms with Crippen LogP contribution in [0.3, 0.4) is 0 Å². The molecule has 2 unspecified atom stereocenters. The van der Waals surface area contributed by atoms with E-state index in [1.807, 2.05) is 14.0 Å². The number of nitro benzene ring substituents is 1. The van der Waals surface area contributed by atoms with Gasteiger partial charge in [0.25, 0.3) is 5.69 Å². The summed E-state index contributed by atoms with van der Waals surface area (Å²) in [6, 6.07) is 5.44. The molecule has 142 valence electrons. The predicted octanol–water partition coefficient (Wildman–Crippen LogP) is 1.37. The van der Waals surface area contributed by atoms with Gasteiger partial charge in [0.15, 0.2) is 0 Å². The van der Waals surface area contributed by atoms with Crippen LogP contribution in [0, 0.1) is 10.1 Å². The molecule has 8 heteroatoms. The molecule has 2 amide bonds. The summed E-state index contributed by atoms with van der Waals surface area (Å²) in [5.41, 5.74) is 0.778. The van der Waals surface area contributed by atoms with Gasteiger partial charge in [-0.1, -0.05) is 26.0 Å². The van der Waals surface area contributed by atoms with Crippen molar-refractivity contribution < 1.29 is 14.5 Å². The van der Waals surface area contributed by atoms with Gasteiger partial charge in [-0.3, -0.25) is 19.7 Å². The number of nitrogens with one attached hydrogen (secondary N) is 1. The molecule has 0 bridgehead atoms. The fourth-order valence-corrected chi connectivity index (χ4v) is 2.99. The zero-order valence-corrected chi connectivity index (χ0v) is 15.5. The molecule has 1 saturated heterocycles. The van der Waals surface area contributed by atoms with E-state index in [0.717, 1.165) is 18.7 Å². The number of benzene rings is 1. The number of hydrogen-bond acceptors (Lipinski definition) is 5. The number of carbonyl (C=O) groups is 2. The summed E-state index contributed by atoms with van der Waals surface area (Å²) < 4.78 is 0. The molecule has 26 heavy (non-hydrogen) atoms. The van der Waals surface area contributed by atoms with E-state index in [4.69, 9.17) is 0 Å². The summed E-state index contributed by atoms with van der Waals surface area (Å²) in [5.74, 6) is -0.588. The molecule has 1 aromatic carbocycles. The summed E-state index contributed by atoms with van der Waals surface area (Å²) in [6.45, 7) is 6.44. The lowest BCUT2D eigenvalue weighted by Crippen LogP contribution is -2.55. The summed E-state index contributed by atoms with van der Waals surface area (Å²) in [4.78, 5) is 39.3. The maximum atomic E-state index is 13.0. The lowest BCUT2D eigenvalue weighted by atomic mass is 9.91. The Bertz CT molecular complexity index is 654. The van der Waals surface area contributed by atoms with Gasteiger partial charge < -0.3 is 15.1 Å². The van der Waals surface area contributed by atoms with E-state index >= 15 is 0 Å². The zero-order chi connectivity index (χ0) is 19.3. The van der Waals surface area contributed by atoms with E-state index in [0.29, 0.717) is 19.5 Å². The van der Waals surface area contributed by atoms with Gasteiger partial charge in [0.2, 0.25) is 11.8 Å². The maximum absolute atomic E-state index is 13.0. The lowest BCUT2D eigenvalue weighted by Gasteiger charge is -2.36. The Hall–Kier alpha value is -2.48. The highest BCUT2D eigenvalue weighted by molar-refractivity contribution is 5.88. The van der Waals surface area contributed by atoms with Gasteiger partial charge in [-0.15, -0.1) is 0 Å². The van der Waals surface area contributed by atoms with Crippen molar-refractivity contribution in [3.05, 3.63) is 39.9 Å². The molecule has 0 saturated carbocycles. The number of rotatable bonds is 6. The molecule has 8 nitrogen and oxygen atoms in total. The van der Waals surface area contributed by atoms with Crippen LogP contribution in [0.1, 0.15) is 31.7 Å². The maximum Gasteiger partial charge on any atom is 0.269 e. The number of hydrogen-bond donors (Lipinski definition) is 1. The third-order valence-electron chi connectivity index (χ3n) is 4.85. The SMILES string of the molecule is CCC(=O)NC(C(=O)N1CCN(C)CC1)C(C)c1ccc([N+](=O)[O-])cc1. The first-order chi connectivity index (χ1) is 12.3. The van der Waals surface area contributed by atoms with E-state index in [2.05, 4.69) is 10.2 Å². The summed E-state index contributed by atoms with van der Waals surface area (Å²) >= 11 is 0. The molecule has 1 fully saturated rings. The number of piperazine rings is 1. The number of nitro groups is 1. The second kappa shape index (κ2) is 8.75. The first-order valence-corrected chi connectivity index (χ1v) is 8.84. The van der Waals surface area contributed by atoms with Gasteiger partial charge in [-0.25, -0.2) is 0 Å². The Morgan fingerprint density at radius 1 is 1.19 bits per heavy atom. The molecule has 1 aromatic rings. The molecule has 1 aliphatic rings. The van der Waals surface area contributed by atoms with E-state index in [1.54, 1.807) is 24.0 Å². The van der Waals surface area contributed by atoms with E-state index in [1.165, 1.54) is 12.1 Å². The molecule has 1 heterocycles. The van der Waals surface area contributed by atoms with Crippen molar-refractivity contribution in [2.45, 2.75) is 32.2 Å². The quantitative estimate of drug-likeness (QED) is 0.609. The van der Waals surface area contributed by atoms with Crippen molar-refractivity contribution in [2.75, 3.05) is 33.2 Å². The number of carbonyl (C=O) groups excluding carboxylic acids is 2. The molecule has 2 rings (SSSR count). The van der Waals surface area contributed by atoms with E-state index in [-0.39, 0.29) is 23.4 Å². The largest absolute Gasteiger partial charge is 0.344 e. The van der Waals surface area contributed by atoms with Crippen molar-refractivity contribution in [1.29, 1.82) is 0 Å². The van der Waals surface area contributed by atoms with E-state index in [9.17, 15) is 19.7 Å². The van der Waals surface area contributed by atoms with Crippen LogP contribution in [-0.4, -0.2) is 65.8 Å². The van der Waals surface area contributed by atoms with Crippen molar-refractivity contribution in [2.24, 2.45) is 0 Å². The van der Waals surface area contributed by atoms with Crippen molar-refractivity contribution in [3.8, 4) is 0 Å². The van der Waals surface area contributed by atoms with Gasteiger partial charge in [-0.05, 0) is 12.6 Å². The molecule has 1 aliphatic heterocycles. The second-order valence-corrected chi connectivity index (χ2v) is 6.66. The highest BCUT2D eigenvalue weighted by Gasteiger charge is 2.32. The highest BCUT2D eigenvalue weighted by atomic mass is 16.6. The van der Waals surface area contributed by atoms with Crippen LogP contribution in [0.2, 0.25) is 0 Å². The average Bonchev–Trinajstić information content (AvgIpc) is 2.65. The highest BCUT2D eigenvalue weighted by Crippen LogP contribution is 2.24. The Morgan fingerprint density at radius 3 is 2.27 bits per heavy atom. The molecule has 2 atom stereocenters. The normalized spacial score (nSPS) is 17.4. The van der Waals surface area contributed by atoms with Gasteiger partial charge in [0.1, 0.15) is 6.04 Å². The second-order valence-electron chi connectivity index (χ2n) is 6.66.